The van der Waals surface area contributed by atoms with Gasteiger partial charge in [0.25, 0.3) is 0 Å². The van der Waals surface area contributed by atoms with Crippen molar-refractivity contribution in [1.82, 2.24) is 25.3 Å². The molecule has 0 spiro atoms. The highest BCUT2D eigenvalue weighted by atomic mass is 19.1. The standard InChI is InChI=1S/C22H24F2N6O/c1-11-9-30(10-18(31-11)14-7-25-8-14)22-28-19(16-5-4-15(23)6-17(16)24)20-21(29-22)27-13(3)12(2)26-20/h4-6,11,14,18,25H,7-10H2,1-3H3/t11-,18-/m1/s1. The number of nitrogens with one attached hydrogen (secondary N) is 1. The number of fused-ring (bicyclic) bond motifs is 1. The number of benzene rings is 1. The molecule has 0 saturated carbocycles. The molecule has 162 valence electrons. The molecule has 31 heavy (non-hydrogen) atoms. The normalized spacial score (nSPS) is 22.0. The number of hydrogen-bond donors (Lipinski definition) is 1. The molecule has 0 aliphatic carbocycles. The number of halogens is 2. The van der Waals surface area contributed by atoms with Crippen LogP contribution < -0.4 is 10.2 Å². The van der Waals surface area contributed by atoms with E-state index < -0.39 is 11.6 Å². The number of aryl methyl sites for hydroxylation is 2. The van der Waals surface area contributed by atoms with Gasteiger partial charge in [-0.2, -0.15) is 4.98 Å². The van der Waals surface area contributed by atoms with Crippen molar-refractivity contribution < 1.29 is 13.5 Å². The molecule has 2 aromatic heterocycles. The molecule has 2 aliphatic heterocycles. The average Bonchev–Trinajstić information content (AvgIpc) is 2.67. The Balaban J connectivity index is 1.64. The quantitative estimate of drug-likeness (QED) is 0.690. The third kappa shape index (κ3) is 3.72. The summed E-state index contributed by atoms with van der Waals surface area (Å²) in [6, 6.07) is 3.46. The molecule has 2 atom stereocenters. The first-order valence-electron chi connectivity index (χ1n) is 10.5. The average molecular weight is 426 g/mol. The Bertz CT molecular complexity index is 1150. The van der Waals surface area contributed by atoms with Crippen molar-refractivity contribution in [2.75, 3.05) is 31.1 Å². The van der Waals surface area contributed by atoms with E-state index in [2.05, 4.69) is 25.2 Å². The van der Waals surface area contributed by atoms with Gasteiger partial charge in [0.05, 0.1) is 23.6 Å². The third-order valence-electron chi connectivity index (χ3n) is 6.02. The van der Waals surface area contributed by atoms with E-state index in [1.54, 1.807) is 0 Å². The molecule has 9 heteroatoms. The lowest BCUT2D eigenvalue weighted by atomic mass is 9.94. The zero-order valence-electron chi connectivity index (χ0n) is 17.7. The molecule has 4 heterocycles. The van der Waals surface area contributed by atoms with Crippen molar-refractivity contribution in [3.8, 4) is 11.3 Å². The summed E-state index contributed by atoms with van der Waals surface area (Å²) in [5.74, 6) is -0.433. The van der Waals surface area contributed by atoms with E-state index in [4.69, 9.17) is 9.72 Å². The SMILES string of the molecule is Cc1nc2nc(N3C[C@@H](C)O[C@@H](C4CNC4)C3)nc(-c3ccc(F)cc3F)c2nc1C. The second-order valence-electron chi connectivity index (χ2n) is 8.37. The molecule has 1 N–H and O–H groups in total. The predicted molar refractivity (Wildman–Crippen MR) is 113 cm³/mol. The molecule has 0 bridgehead atoms. The highest BCUT2D eigenvalue weighted by molar-refractivity contribution is 5.88. The van der Waals surface area contributed by atoms with E-state index in [0.29, 0.717) is 47.5 Å². The van der Waals surface area contributed by atoms with Gasteiger partial charge in [0.15, 0.2) is 5.65 Å². The monoisotopic (exact) mass is 426 g/mol. The van der Waals surface area contributed by atoms with Crippen LogP contribution in [0.1, 0.15) is 18.3 Å². The van der Waals surface area contributed by atoms with E-state index in [0.717, 1.165) is 24.8 Å². The Morgan fingerprint density at radius 3 is 2.52 bits per heavy atom. The summed E-state index contributed by atoms with van der Waals surface area (Å²) in [6.07, 6.45) is 0.0802. The first kappa shape index (κ1) is 20.1. The minimum Gasteiger partial charge on any atom is -0.371 e. The third-order valence-corrected chi connectivity index (χ3v) is 6.02. The van der Waals surface area contributed by atoms with Crippen LogP contribution in [0.5, 0.6) is 0 Å². The maximum Gasteiger partial charge on any atom is 0.228 e. The molecule has 2 aliphatic rings. The number of morpholine rings is 1. The minimum absolute atomic E-state index is 0.00972. The number of aromatic nitrogens is 4. The van der Waals surface area contributed by atoms with E-state index in [1.165, 1.54) is 12.1 Å². The summed E-state index contributed by atoms with van der Waals surface area (Å²) in [7, 11) is 0. The Kier molecular flexibility index (Phi) is 5.02. The topological polar surface area (TPSA) is 76.1 Å². The Labute approximate surface area is 178 Å². The smallest absolute Gasteiger partial charge is 0.228 e. The van der Waals surface area contributed by atoms with Crippen LogP contribution in [-0.2, 0) is 4.74 Å². The van der Waals surface area contributed by atoms with Crippen LogP contribution in [0.4, 0.5) is 14.7 Å². The molecule has 3 aromatic rings. The van der Waals surface area contributed by atoms with Crippen LogP contribution in [0.3, 0.4) is 0 Å². The van der Waals surface area contributed by atoms with Gasteiger partial charge in [0, 0.05) is 43.7 Å². The Morgan fingerprint density at radius 2 is 1.81 bits per heavy atom. The zero-order chi connectivity index (χ0) is 21.7. The van der Waals surface area contributed by atoms with Gasteiger partial charge in [-0.25, -0.2) is 23.7 Å². The molecule has 2 fully saturated rings. The fourth-order valence-corrected chi connectivity index (χ4v) is 4.10. The molecule has 2 saturated heterocycles. The fourth-order valence-electron chi connectivity index (χ4n) is 4.10. The number of hydrogen-bond acceptors (Lipinski definition) is 7. The van der Waals surface area contributed by atoms with Crippen molar-refractivity contribution in [2.24, 2.45) is 5.92 Å². The van der Waals surface area contributed by atoms with Gasteiger partial charge >= 0.3 is 0 Å². The second-order valence-corrected chi connectivity index (χ2v) is 8.37. The zero-order valence-corrected chi connectivity index (χ0v) is 17.7. The predicted octanol–water partition coefficient (Wildman–Crippen LogP) is 2.79. The van der Waals surface area contributed by atoms with Gasteiger partial charge < -0.3 is 15.0 Å². The molecule has 0 radical (unpaired) electrons. The minimum atomic E-state index is -0.695. The molecular formula is C22H24F2N6O. The molecule has 5 rings (SSSR count). The van der Waals surface area contributed by atoms with Crippen LogP contribution in [-0.4, -0.2) is 58.3 Å². The fraction of sp³-hybridized carbons (Fsp3) is 0.455. The molecule has 0 amide bonds. The number of ether oxygens (including phenoxy) is 1. The summed E-state index contributed by atoms with van der Waals surface area (Å²) in [5, 5.41) is 3.28. The van der Waals surface area contributed by atoms with Gasteiger partial charge in [-0.05, 0) is 32.9 Å². The number of anilines is 1. The first-order valence-corrected chi connectivity index (χ1v) is 10.5. The summed E-state index contributed by atoms with van der Waals surface area (Å²) >= 11 is 0. The van der Waals surface area contributed by atoms with Crippen molar-refractivity contribution in [3.63, 3.8) is 0 Å². The highest BCUT2D eigenvalue weighted by Crippen LogP contribution is 2.31. The molecule has 7 nitrogen and oxygen atoms in total. The number of rotatable bonds is 3. The largest absolute Gasteiger partial charge is 0.371 e. The summed E-state index contributed by atoms with van der Waals surface area (Å²) in [4.78, 5) is 20.6. The molecule has 0 unspecified atom stereocenters. The lowest BCUT2D eigenvalue weighted by Gasteiger charge is -2.43. The van der Waals surface area contributed by atoms with E-state index in [1.807, 2.05) is 20.8 Å². The summed E-state index contributed by atoms with van der Waals surface area (Å²) < 4.78 is 34.4. The lowest BCUT2D eigenvalue weighted by molar-refractivity contribution is -0.0580. The Hall–Kier alpha value is -2.78. The maximum absolute atomic E-state index is 14.7. The van der Waals surface area contributed by atoms with Crippen molar-refractivity contribution in [2.45, 2.75) is 33.0 Å². The van der Waals surface area contributed by atoms with Crippen molar-refractivity contribution in [1.29, 1.82) is 0 Å². The van der Waals surface area contributed by atoms with E-state index in [9.17, 15) is 8.78 Å². The van der Waals surface area contributed by atoms with Gasteiger partial charge in [0.2, 0.25) is 5.95 Å². The van der Waals surface area contributed by atoms with E-state index in [-0.39, 0.29) is 17.8 Å². The van der Waals surface area contributed by atoms with Gasteiger partial charge in [0.1, 0.15) is 22.8 Å². The highest BCUT2D eigenvalue weighted by Gasteiger charge is 2.35. The second kappa shape index (κ2) is 7.72. The van der Waals surface area contributed by atoms with Crippen LogP contribution in [0, 0.1) is 31.4 Å². The van der Waals surface area contributed by atoms with Crippen LogP contribution in [0.2, 0.25) is 0 Å². The number of nitrogens with zero attached hydrogens (tertiary/aromatic N) is 5. The van der Waals surface area contributed by atoms with Gasteiger partial charge in [-0.15, -0.1) is 0 Å². The van der Waals surface area contributed by atoms with Crippen LogP contribution in [0.25, 0.3) is 22.4 Å². The first-order chi connectivity index (χ1) is 14.9. The van der Waals surface area contributed by atoms with Crippen LogP contribution in [0.15, 0.2) is 18.2 Å². The van der Waals surface area contributed by atoms with Crippen LogP contribution >= 0.6 is 0 Å². The van der Waals surface area contributed by atoms with Gasteiger partial charge in [-0.3, -0.25) is 0 Å². The molecular weight excluding hydrogens is 402 g/mol. The molecule has 1 aromatic carbocycles. The van der Waals surface area contributed by atoms with Crippen molar-refractivity contribution >= 4 is 17.1 Å². The van der Waals surface area contributed by atoms with Crippen molar-refractivity contribution in [3.05, 3.63) is 41.2 Å². The summed E-state index contributed by atoms with van der Waals surface area (Å²) in [6.45, 7) is 8.84. The van der Waals surface area contributed by atoms with Gasteiger partial charge in [-0.1, -0.05) is 0 Å². The lowest BCUT2D eigenvalue weighted by Crippen LogP contribution is -2.57. The summed E-state index contributed by atoms with van der Waals surface area (Å²) in [5.41, 5.74) is 2.75. The Morgan fingerprint density at radius 1 is 1.03 bits per heavy atom. The maximum atomic E-state index is 14.7. The van der Waals surface area contributed by atoms with E-state index >= 15 is 0 Å².